The van der Waals surface area contributed by atoms with Gasteiger partial charge in [-0.1, -0.05) is 36.0 Å². The van der Waals surface area contributed by atoms with E-state index in [-0.39, 0.29) is 5.54 Å². The summed E-state index contributed by atoms with van der Waals surface area (Å²) in [7, 11) is 2.16. The van der Waals surface area contributed by atoms with E-state index in [4.69, 9.17) is 20.9 Å². The zero-order valence-electron chi connectivity index (χ0n) is 16.6. The molecule has 1 saturated carbocycles. The number of likely N-dealkylation sites (N-methyl/N-ethyl adjacent to an activating group) is 1. The average molecular weight is 405 g/mol. The first-order valence-electron chi connectivity index (χ1n) is 10.2. The predicted molar refractivity (Wildman–Crippen MR) is 109 cm³/mol. The van der Waals surface area contributed by atoms with E-state index in [9.17, 15) is 0 Å². The normalized spacial score (nSPS) is 20.5. The molecule has 28 heavy (non-hydrogen) atoms. The van der Waals surface area contributed by atoms with Crippen molar-refractivity contribution in [2.75, 3.05) is 39.9 Å². The van der Waals surface area contributed by atoms with Gasteiger partial charge in [0.15, 0.2) is 0 Å². The Morgan fingerprint density at radius 3 is 2.54 bits per heavy atom. The maximum absolute atomic E-state index is 5.96. The summed E-state index contributed by atoms with van der Waals surface area (Å²) >= 11 is 5.96. The molecule has 0 amide bonds. The Balaban J connectivity index is 1.42. The molecule has 0 radical (unpaired) electrons. The summed E-state index contributed by atoms with van der Waals surface area (Å²) in [6.45, 7) is 5.45. The van der Waals surface area contributed by atoms with Crippen LogP contribution in [0, 0.1) is 0 Å². The van der Waals surface area contributed by atoms with Crippen LogP contribution >= 0.6 is 11.6 Å². The largest absolute Gasteiger partial charge is 0.379 e. The highest BCUT2D eigenvalue weighted by Gasteiger charge is 2.39. The standard InChI is InChI=1S/C21H29ClN4O2/c1-25(15-19-23-20(24-28-19)17-5-7-18(22)8-6-17)16-21(9-3-2-4-10-21)26-11-13-27-14-12-26/h5-8H,2-4,9-16H2,1H3. The molecular weight excluding hydrogens is 376 g/mol. The zero-order chi connectivity index (χ0) is 19.4. The fourth-order valence-corrected chi connectivity index (χ4v) is 4.77. The Labute approximate surface area is 171 Å². The van der Waals surface area contributed by atoms with Crippen molar-refractivity contribution in [1.29, 1.82) is 0 Å². The van der Waals surface area contributed by atoms with Gasteiger partial charge in [0.1, 0.15) is 0 Å². The fraction of sp³-hybridized carbons (Fsp3) is 0.619. The van der Waals surface area contributed by atoms with Crippen LogP contribution in [0.2, 0.25) is 5.02 Å². The van der Waals surface area contributed by atoms with Crippen molar-refractivity contribution in [2.24, 2.45) is 0 Å². The number of benzene rings is 1. The lowest BCUT2D eigenvalue weighted by molar-refractivity contribution is -0.0497. The van der Waals surface area contributed by atoms with Gasteiger partial charge in [0.2, 0.25) is 11.7 Å². The predicted octanol–water partition coefficient (Wildman–Crippen LogP) is 3.86. The van der Waals surface area contributed by atoms with E-state index < -0.39 is 0 Å². The lowest BCUT2D eigenvalue weighted by Gasteiger charge is -2.49. The number of hydrogen-bond donors (Lipinski definition) is 0. The van der Waals surface area contributed by atoms with Crippen LogP contribution in [-0.4, -0.2) is 65.4 Å². The number of halogens is 1. The van der Waals surface area contributed by atoms with Crippen LogP contribution in [0.3, 0.4) is 0 Å². The molecule has 0 spiro atoms. The van der Waals surface area contributed by atoms with E-state index in [0.717, 1.165) is 38.4 Å². The molecule has 1 saturated heterocycles. The molecule has 152 valence electrons. The number of morpholine rings is 1. The SMILES string of the molecule is CN(Cc1nc(-c2ccc(Cl)cc2)no1)CC1(N2CCOCC2)CCCCC1. The van der Waals surface area contributed by atoms with Gasteiger partial charge >= 0.3 is 0 Å². The quantitative estimate of drug-likeness (QED) is 0.728. The summed E-state index contributed by atoms with van der Waals surface area (Å²) in [4.78, 5) is 9.58. The van der Waals surface area contributed by atoms with Crippen molar-refractivity contribution in [3.8, 4) is 11.4 Å². The third kappa shape index (κ3) is 4.57. The molecule has 4 rings (SSSR count). The van der Waals surface area contributed by atoms with Crippen LogP contribution in [0.1, 0.15) is 38.0 Å². The molecule has 6 nitrogen and oxygen atoms in total. The zero-order valence-corrected chi connectivity index (χ0v) is 17.3. The number of aromatic nitrogens is 2. The van der Waals surface area contributed by atoms with Crippen LogP contribution in [0.15, 0.2) is 28.8 Å². The summed E-state index contributed by atoms with van der Waals surface area (Å²) in [6.07, 6.45) is 6.50. The van der Waals surface area contributed by atoms with Crippen molar-refractivity contribution in [3.63, 3.8) is 0 Å². The average Bonchev–Trinajstić information content (AvgIpc) is 3.18. The molecule has 0 atom stereocenters. The molecule has 0 unspecified atom stereocenters. The minimum Gasteiger partial charge on any atom is -0.379 e. The molecular formula is C21H29ClN4O2. The van der Waals surface area contributed by atoms with Gasteiger partial charge in [0, 0.05) is 35.8 Å². The third-order valence-electron chi connectivity index (χ3n) is 6.01. The Morgan fingerprint density at radius 2 is 1.82 bits per heavy atom. The molecule has 2 aromatic rings. The van der Waals surface area contributed by atoms with E-state index in [2.05, 4.69) is 27.0 Å². The van der Waals surface area contributed by atoms with Crippen molar-refractivity contribution in [2.45, 2.75) is 44.2 Å². The van der Waals surface area contributed by atoms with Gasteiger partial charge in [-0.3, -0.25) is 9.80 Å². The Hall–Kier alpha value is -1.47. The Kier molecular flexibility index (Phi) is 6.31. The summed E-state index contributed by atoms with van der Waals surface area (Å²) in [5, 5.41) is 4.84. The number of nitrogens with zero attached hydrogens (tertiary/aromatic N) is 4. The third-order valence-corrected chi connectivity index (χ3v) is 6.26. The van der Waals surface area contributed by atoms with E-state index in [1.165, 1.54) is 32.1 Å². The molecule has 2 heterocycles. The van der Waals surface area contributed by atoms with Gasteiger partial charge < -0.3 is 9.26 Å². The molecule has 2 fully saturated rings. The second-order valence-electron chi connectivity index (χ2n) is 8.08. The van der Waals surface area contributed by atoms with Crippen molar-refractivity contribution >= 4 is 11.6 Å². The number of hydrogen-bond acceptors (Lipinski definition) is 6. The van der Waals surface area contributed by atoms with Gasteiger partial charge in [0.25, 0.3) is 0 Å². The van der Waals surface area contributed by atoms with Crippen LogP contribution in [0.5, 0.6) is 0 Å². The van der Waals surface area contributed by atoms with Gasteiger partial charge in [-0.15, -0.1) is 0 Å². The Bertz CT molecular complexity index is 752. The topological polar surface area (TPSA) is 54.6 Å². The molecule has 1 aliphatic carbocycles. The smallest absolute Gasteiger partial charge is 0.241 e. The van der Waals surface area contributed by atoms with Crippen LogP contribution < -0.4 is 0 Å². The van der Waals surface area contributed by atoms with Crippen LogP contribution in [0.25, 0.3) is 11.4 Å². The molecule has 2 aliphatic rings. The van der Waals surface area contributed by atoms with Gasteiger partial charge in [-0.05, 0) is 44.2 Å². The molecule has 1 aromatic carbocycles. The maximum atomic E-state index is 5.96. The van der Waals surface area contributed by atoms with E-state index >= 15 is 0 Å². The van der Waals surface area contributed by atoms with Gasteiger partial charge in [-0.2, -0.15) is 4.98 Å². The molecule has 1 aromatic heterocycles. The highest BCUT2D eigenvalue weighted by Crippen LogP contribution is 2.35. The minimum atomic E-state index is 0.246. The van der Waals surface area contributed by atoms with Gasteiger partial charge in [0.05, 0.1) is 19.8 Å². The monoisotopic (exact) mass is 404 g/mol. The summed E-state index contributed by atoms with van der Waals surface area (Å²) < 4.78 is 11.1. The highest BCUT2D eigenvalue weighted by molar-refractivity contribution is 6.30. The number of rotatable bonds is 6. The first kappa shape index (κ1) is 19.8. The molecule has 0 N–H and O–H groups in total. The van der Waals surface area contributed by atoms with Crippen molar-refractivity contribution < 1.29 is 9.26 Å². The van der Waals surface area contributed by atoms with Gasteiger partial charge in [-0.25, -0.2) is 0 Å². The lowest BCUT2D eigenvalue weighted by Crippen LogP contribution is -2.59. The second-order valence-corrected chi connectivity index (χ2v) is 8.51. The summed E-state index contributed by atoms with van der Waals surface area (Å²) in [5.41, 5.74) is 1.16. The van der Waals surface area contributed by atoms with E-state index in [1.54, 1.807) is 0 Å². The van der Waals surface area contributed by atoms with Crippen molar-refractivity contribution in [1.82, 2.24) is 19.9 Å². The number of ether oxygens (including phenoxy) is 1. The van der Waals surface area contributed by atoms with Crippen LogP contribution in [0.4, 0.5) is 0 Å². The molecule has 1 aliphatic heterocycles. The van der Waals surface area contributed by atoms with E-state index in [0.29, 0.717) is 23.3 Å². The summed E-state index contributed by atoms with van der Waals surface area (Å²) in [6, 6.07) is 7.51. The van der Waals surface area contributed by atoms with E-state index in [1.807, 2.05) is 24.3 Å². The highest BCUT2D eigenvalue weighted by atomic mass is 35.5. The molecule has 0 bridgehead atoms. The Morgan fingerprint density at radius 1 is 1.11 bits per heavy atom. The lowest BCUT2D eigenvalue weighted by atomic mass is 9.79. The minimum absolute atomic E-state index is 0.246. The summed E-state index contributed by atoms with van der Waals surface area (Å²) in [5.74, 6) is 1.26. The maximum Gasteiger partial charge on any atom is 0.241 e. The van der Waals surface area contributed by atoms with Crippen LogP contribution in [-0.2, 0) is 11.3 Å². The molecule has 7 heteroatoms. The first-order valence-corrected chi connectivity index (χ1v) is 10.6. The fourth-order valence-electron chi connectivity index (χ4n) is 4.65. The van der Waals surface area contributed by atoms with Crippen molar-refractivity contribution in [3.05, 3.63) is 35.2 Å². The second kappa shape index (κ2) is 8.91. The first-order chi connectivity index (χ1) is 13.6.